The van der Waals surface area contributed by atoms with Crippen LogP contribution in [-0.2, 0) is 7.05 Å². The minimum Gasteiger partial charge on any atom is -0.275 e. The first kappa shape index (κ1) is 8.91. The van der Waals surface area contributed by atoms with E-state index in [0.717, 1.165) is 16.1 Å². The van der Waals surface area contributed by atoms with E-state index in [1.54, 1.807) is 10.9 Å². The van der Waals surface area contributed by atoms with Crippen LogP contribution in [0.4, 0.5) is 0 Å². The first-order chi connectivity index (χ1) is 6.70. The molecule has 0 aliphatic heterocycles. The number of aryl methyl sites for hydroxylation is 2. The number of thiazole rings is 1. The number of rotatable bonds is 1. The van der Waals surface area contributed by atoms with Crippen molar-refractivity contribution in [1.29, 1.82) is 5.26 Å². The summed E-state index contributed by atoms with van der Waals surface area (Å²) < 4.78 is 1.74. The van der Waals surface area contributed by atoms with Gasteiger partial charge in [-0.2, -0.15) is 10.4 Å². The highest BCUT2D eigenvalue weighted by Crippen LogP contribution is 2.28. The third-order valence-electron chi connectivity index (χ3n) is 1.86. The molecule has 0 bridgehead atoms. The molecule has 4 nitrogen and oxygen atoms in total. The Morgan fingerprint density at radius 2 is 2.36 bits per heavy atom. The molecule has 0 amide bonds. The van der Waals surface area contributed by atoms with Crippen molar-refractivity contribution in [2.45, 2.75) is 6.92 Å². The Hall–Kier alpha value is -1.67. The fraction of sp³-hybridized carbons (Fsp3) is 0.222. The summed E-state index contributed by atoms with van der Waals surface area (Å²) in [7, 11) is 1.87. The van der Waals surface area contributed by atoms with Crippen LogP contribution in [0.5, 0.6) is 0 Å². The molecule has 0 aliphatic carbocycles. The van der Waals surface area contributed by atoms with Crippen LogP contribution in [0.3, 0.4) is 0 Å². The van der Waals surface area contributed by atoms with Gasteiger partial charge in [0.25, 0.3) is 0 Å². The lowest BCUT2D eigenvalue weighted by molar-refractivity contribution is 0.768. The predicted molar refractivity (Wildman–Crippen MR) is 53.8 cm³/mol. The molecule has 0 saturated carbocycles. The minimum absolute atomic E-state index is 0.501. The topological polar surface area (TPSA) is 54.5 Å². The molecule has 0 saturated heterocycles. The molecular weight excluding hydrogens is 196 g/mol. The van der Waals surface area contributed by atoms with Crippen molar-refractivity contribution in [3.05, 3.63) is 23.1 Å². The normalized spacial score (nSPS) is 10.1. The molecule has 2 heterocycles. The zero-order valence-corrected chi connectivity index (χ0v) is 8.67. The van der Waals surface area contributed by atoms with Gasteiger partial charge < -0.3 is 0 Å². The van der Waals surface area contributed by atoms with Gasteiger partial charge >= 0.3 is 0 Å². The largest absolute Gasteiger partial charge is 0.275 e. The van der Waals surface area contributed by atoms with Crippen molar-refractivity contribution < 1.29 is 0 Å². The van der Waals surface area contributed by atoms with Gasteiger partial charge in [0.1, 0.15) is 6.07 Å². The van der Waals surface area contributed by atoms with Gasteiger partial charge in [-0.3, -0.25) is 4.68 Å². The van der Waals surface area contributed by atoms with Gasteiger partial charge in [0.15, 0.2) is 5.01 Å². The molecule has 0 spiro atoms. The molecule has 0 atom stereocenters. The van der Waals surface area contributed by atoms with Gasteiger partial charge in [-0.25, -0.2) is 4.98 Å². The molecule has 0 N–H and O–H groups in total. The average molecular weight is 204 g/mol. The molecular formula is C9H8N4S. The molecule has 2 aromatic rings. The molecule has 0 aromatic carbocycles. The van der Waals surface area contributed by atoms with Crippen LogP contribution in [0.1, 0.15) is 10.7 Å². The number of hydrogen-bond donors (Lipinski definition) is 0. The monoisotopic (exact) mass is 204 g/mol. The van der Waals surface area contributed by atoms with E-state index in [1.807, 2.05) is 26.2 Å². The fourth-order valence-corrected chi connectivity index (χ4v) is 2.09. The molecule has 0 unspecified atom stereocenters. The third-order valence-corrected chi connectivity index (χ3v) is 2.97. The molecule has 2 rings (SSSR count). The van der Waals surface area contributed by atoms with Crippen molar-refractivity contribution in [2.75, 3.05) is 0 Å². The summed E-state index contributed by atoms with van der Waals surface area (Å²) in [5.41, 5.74) is 1.91. The molecule has 5 heteroatoms. The highest BCUT2D eigenvalue weighted by atomic mass is 32.1. The average Bonchev–Trinajstić information content (AvgIpc) is 2.71. The maximum absolute atomic E-state index is 8.70. The van der Waals surface area contributed by atoms with E-state index in [2.05, 4.69) is 10.1 Å². The van der Waals surface area contributed by atoms with E-state index in [9.17, 15) is 0 Å². The Morgan fingerprint density at radius 3 is 2.86 bits per heavy atom. The zero-order chi connectivity index (χ0) is 10.1. The van der Waals surface area contributed by atoms with E-state index in [0.29, 0.717) is 5.01 Å². The summed E-state index contributed by atoms with van der Waals surface area (Å²) in [5, 5.41) is 13.3. The summed E-state index contributed by atoms with van der Waals surface area (Å²) >= 11 is 1.40. The van der Waals surface area contributed by atoms with Crippen molar-refractivity contribution >= 4 is 11.3 Å². The Labute approximate surface area is 85.4 Å². The molecule has 0 radical (unpaired) electrons. The van der Waals surface area contributed by atoms with Crippen LogP contribution >= 0.6 is 11.3 Å². The van der Waals surface area contributed by atoms with Gasteiger partial charge in [-0.05, 0) is 6.92 Å². The maximum atomic E-state index is 8.70. The van der Waals surface area contributed by atoms with Crippen LogP contribution in [0, 0.1) is 18.3 Å². The first-order valence-electron chi connectivity index (χ1n) is 4.07. The van der Waals surface area contributed by atoms with Crippen molar-refractivity contribution in [3.63, 3.8) is 0 Å². The lowest BCUT2D eigenvalue weighted by atomic mass is 10.2. The SMILES string of the molecule is Cc1nc(C#N)sc1-c1cnn(C)c1. The Balaban J connectivity index is 2.52. The van der Waals surface area contributed by atoms with Gasteiger partial charge in [-0.15, -0.1) is 11.3 Å². The molecule has 0 fully saturated rings. The fourth-order valence-electron chi connectivity index (χ4n) is 1.25. The Kier molecular flexibility index (Phi) is 2.06. The van der Waals surface area contributed by atoms with Gasteiger partial charge in [0.2, 0.25) is 0 Å². The molecule has 14 heavy (non-hydrogen) atoms. The van der Waals surface area contributed by atoms with Gasteiger partial charge in [0.05, 0.1) is 16.8 Å². The van der Waals surface area contributed by atoms with E-state index >= 15 is 0 Å². The minimum atomic E-state index is 0.501. The second-order valence-corrected chi connectivity index (χ2v) is 3.95. The summed E-state index contributed by atoms with van der Waals surface area (Å²) in [6, 6.07) is 2.04. The van der Waals surface area contributed by atoms with Crippen LogP contribution in [0.25, 0.3) is 10.4 Å². The van der Waals surface area contributed by atoms with E-state index in [-0.39, 0.29) is 0 Å². The van der Waals surface area contributed by atoms with Crippen LogP contribution < -0.4 is 0 Å². The Bertz CT molecular complexity index is 503. The van der Waals surface area contributed by atoms with Crippen molar-refractivity contribution in [1.82, 2.24) is 14.8 Å². The van der Waals surface area contributed by atoms with Gasteiger partial charge in [-0.1, -0.05) is 0 Å². The highest BCUT2D eigenvalue weighted by Gasteiger charge is 2.10. The summed E-state index contributed by atoms with van der Waals surface area (Å²) in [4.78, 5) is 5.16. The summed E-state index contributed by atoms with van der Waals surface area (Å²) in [5.74, 6) is 0. The van der Waals surface area contributed by atoms with Crippen molar-refractivity contribution in [2.24, 2.45) is 7.05 Å². The smallest absolute Gasteiger partial charge is 0.195 e. The second-order valence-electron chi connectivity index (χ2n) is 2.95. The standard InChI is InChI=1S/C9H8N4S/c1-6-9(14-8(3-10)12-6)7-4-11-13(2)5-7/h4-5H,1-2H3. The lowest BCUT2D eigenvalue weighted by Gasteiger charge is -1.89. The van der Waals surface area contributed by atoms with Gasteiger partial charge in [0, 0.05) is 18.8 Å². The molecule has 70 valence electrons. The quantitative estimate of drug-likeness (QED) is 0.710. The van der Waals surface area contributed by atoms with Crippen LogP contribution in [0.2, 0.25) is 0 Å². The third kappa shape index (κ3) is 1.40. The molecule has 2 aromatic heterocycles. The molecule has 0 aliphatic rings. The van der Waals surface area contributed by atoms with Crippen molar-refractivity contribution in [3.8, 4) is 16.5 Å². The predicted octanol–water partition coefficient (Wildman–Crippen LogP) is 1.72. The highest BCUT2D eigenvalue weighted by molar-refractivity contribution is 7.15. The summed E-state index contributed by atoms with van der Waals surface area (Å²) in [6.07, 6.45) is 3.70. The van der Waals surface area contributed by atoms with E-state index < -0.39 is 0 Å². The van der Waals surface area contributed by atoms with E-state index in [1.165, 1.54) is 11.3 Å². The van der Waals surface area contributed by atoms with E-state index in [4.69, 9.17) is 5.26 Å². The number of nitriles is 1. The second kappa shape index (κ2) is 3.24. The lowest BCUT2D eigenvalue weighted by Crippen LogP contribution is -1.84. The number of hydrogen-bond acceptors (Lipinski definition) is 4. The van der Waals surface area contributed by atoms with Crippen LogP contribution in [0.15, 0.2) is 12.4 Å². The maximum Gasteiger partial charge on any atom is 0.195 e. The number of aromatic nitrogens is 3. The Morgan fingerprint density at radius 1 is 1.57 bits per heavy atom. The van der Waals surface area contributed by atoms with Crippen LogP contribution in [-0.4, -0.2) is 14.8 Å². The summed E-state index contributed by atoms with van der Waals surface area (Å²) in [6.45, 7) is 1.90. The number of nitrogens with zero attached hydrogens (tertiary/aromatic N) is 4. The zero-order valence-electron chi connectivity index (χ0n) is 7.85. The first-order valence-corrected chi connectivity index (χ1v) is 4.89.